The van der Waals surface area contributed by atoms with Crippen LogP contribution < -0.4 is 10.2 Å². The van der Waals surface area contributed by atoms with Crippen LogP contribution in [0.3, 0.4) is 0 Å². The molecule has 2 amide bonds. The minimum atomic E-state index is -0.191. The highest BCUT2D eigenvalue weighted by Crippen LogP contribution is 2.28. The maximum Gasteiger partial charge on any atom is 0.240 e. The number of carbonyl (C=O) groups is 2. The lowest BCUT2D eigenvalue weighted by atomic mass is 10.1. The summed E-state index contributed by atoms with van der Waals surface area (Å²) in [6.45, 7) is 3.00. The smallest absolute Gasteiger partial charge is 0.240 e. The van der Waals surface area contributed by atoms with Crippen molar-refractivity contribution in [1.82, 2.24) is 15.1 Å². The average molecular weight is 374 g/mol. The first-order valence-corrected chi connectivity index (χ1v) is 9.36. The van der Waals surface area contributed by atoms with Gasteiger partial charge in [0.2, 0.25) is 11.8 Å². The van der Waals surface area contributed by atoms with Crippen molar-refractivity contribution in [2.75, 3.05) is 11.4 Å². The van der Waals surface area contributed by atoms with Gasteiger partial charge in [-0.25, -0.2) is 4.68 Å². The summed E-state index contributed by atoms with van der Waals surface area (Å²) in [5, 5.41) is 7.51. The fraction of sp³-hybridized carbons (Fsp3) is 0.227. The molecule has 0 saturated heterocycles. The van der Waals surface area contributed by atoms with Gasteiger partial charge in [-0.3, -0.25) is 14.5 Å². The molecular weight excluding hydrogens is 352 g/mol. The number of carbonyl (C=O) groups excluding carboxylic acids is 2. The fourth-order valence-electron chi connectivity index (χ4n) is 3.28. The normalized spacial score (nSPS) is 13.3. The van der Waals surface area contributed by atoms with Crippen molar-refractivity contribution in [3.05, 3.63) is 71.8 Å². The molecule has 142 valence electrons. The number of nitrogens with zero attached hydrogens (tertiary/aromatic N) is 3. The Morgan fingerprint density at radius 1 is 1.11 bits per heavy atom. The zero-order chi connectivity index (χ0) is 19.5. The number of anilines is 1. The number of aryl methyl sites for hydroxylation is 2. The highest BCUT2D eigenvalue weighted by atomic mass is 16.2. The predicted molar refractivity (Wildman–Crippen MR) is 108 cm³/mol. The molecule has 6 nitrogen and oxygen atoms in total. The molecule has 2 heterocycles. The molecule has 0 bridgehead atoms. The summed E-state index contributed by atoms with van der Waals surface area (Å²) in [5.41, 5.74) is 4.00. The number of aromatic nitrogens is 2. The molecule has 1 aliphatic heterocycles. The van der Waals surface area contributed by atoms with Gasteiger partial charge in [-0.15, -0.1) is 0 Å². The maximum atomic E-state index is 12.5. The SMILES string of the molecule is Cc1ccc(-c2cc3n(n2)CCC(=O)N3CC(=O)NCc2ccccc2)cc1. The van der Waals surface area contributed by atoms with Crippen LogP contribution in [0.15, 0.2) is 60.7 Å². The quantitative estimate of drug-likeness (QED) is 0.747. The summed E-state index contributed by atoms with van der Waals surface area (Å²) in [6.07, 6.45) is 0.341. The molecule has 0 radical (unpaired) electrons. The summed E-state index contributed by atoms with van der Waals surface area (Å²) in [4.78, 5) is 26.4. The number of amides is 2. The van der Waals surface area contributed by atoms with Gasteiger partial charge in [0.1, 0.15) is 12.4 Å². The van der Waals surface area contributed by atoms with E-state index in [-0.39, 0.29) is 18.4 Å². The molecule has 3 aromatic rings. The molecule has 1 aromatic heterocycles. The van der Waals surface area contributed by atoms with E-state index < -0.39 is 0 Å². The third-order valence-electron chi connectivity index (χ3n) is 4.86. The van der Waals surface area contributed by atoms with Crippen molar-refractivity contribution in [2.24, 2.45) is 0 Å². The number of benzene rings is 2. The molecule has 0 unspecified atom stereocenters. The van der Waals surface area contributed by atoms with Gasteiger partial charge < -0.3 is 5.32 Å². The first-order chi connectivity index (χ1) is 13.6. The van der Waals surface area contributed by atoms with Gasteiger partial charge in [-0.05, 0) is 12.5 Å². The van der Waals surface area contributed by atoms with E-state index in [1.54, 1.807) is 4.68 Å². The summed E-state index contributed by atoms with van der Waals surface area (Å²) < 4.78 is 1.81. The largest absolute Gasteiger partial charge is 0.350 e. The van der Waals surface area contributed by atoms with Crippen molar-refractivity contribution in [3.8, 4) is 11.3 Å². The van der Waals surface area contributed by atoms with Crippen LogP contribution in [0, 0.1) is 6.92 Å². The first kappa shape index (κ1) is 18.0. The Bertz CT molecular complexity index is 993. The lowest BCUT2D eigenvalue weighted by Gasteiger charge is -2.26. The van der Waals surface area contributed by atoms with Crippen molar-refractivity contribution in [1.29, 1.82) is 0 Å². The molecule has 4 rings (SSSR count). The van der Waals surface area contributed by atoms with Gasteiger partial charge >= 0.3 is 0 Å². The van der Waals surface area contributed by atoms with E-state index in [1.807, 2.05) is 67.6 Å². The monoisotopic (exact) mass is 374 g/mol. The number of fused-ring (bicyclic) bond motifs is 1. The molecule has 6 heteroatoms. The maximum absolute atomic E-state index is 12.5. The van der Waals surface area contributed by atoms with Gasteiger partial charge in [0.05, 0.1) is 12.2 Å². The third-order valence-corrected chi connectivity index (χ3v) is 4.86. The second-order valence-electron chi connectivity index (χ2n) is 6.97. The molecule has 0 fully saturated rings. The van der Waals surface area contributed by atoms with Crippen molar-refractivity contribution in [3.63, 3.8) is 0 Å². The van der Waals surface area contributed by atoms with E-state index in [2.05, 4.69) is 10.4 Å². The Morgan fingerprint density at radius 3 is 2.61 bits per heavy atom. The predicted octanol–water partition coefficient (Wildman–Crippen LogP) is 2.91. The molecule has 28 heavy (non-hydrogen) atoms. The lowest BCUT2D eigenvalue weighted by molar-refractivity contribution is -0.124. The standard InChI is InChI=1S/C22H22N4O2/c1-16-7-9-18(10-8-16)19-13-21-25(22(28)11-12-26(21)24-19)15-20(27)23-14-17-5-3-2-4-6-17/h2-10,13H,11-12,14-15H2,1H3,(H,23,27). The van der Waals surface area contributed by atoms with E-state index >= 15 is 0 Å². The van der Waals surface area contributed by atoms with Crippen LogP contribution in [-0.2, 0) is 22.7 Å². The van der Waals surface area contributed by atoms with E-state index in [1.165, 1.54) is 10.5 Å². The zero-order valence-corrected chi connectivity index (χ0v) is 15.8. The summed E-state index contributed by atoms with van der Waals surface area (Å²) in [6, 6.07) is 19.7. The van der Waals surface area contributed by atoms with E-state index in [4.69, 9.17) is 0 Å². The second kappa shape index (κ2) is 7.68. The van der Waals surface area contributed by atoms with Crippen LogP contribution in [0.5, 0.6) is 0 Å². The highest BCUT2D eigenvalue weighted by Gasteiger charge is 2.28. The minimum Gasteiger partial charge on any atom is -0.350 e. The summed E-state index contributed by atoms with van der Waals surface area (Å²) >= 11 is 0. The van der Waals surface area contributed by atoms with Gasteiger partial charge in [-0.1, -0.05) is 60.2 Å². The van der Waals surface area contributed by atoms with Crippen LogP contribution in [0.25, 0.3) is 11.3 Å². The van der Waals surface area contributed by atoms with Crippen LogP contribution in [0.4, 0.5) is 5.82 Å². The Morgan fingerprint density at radius 2 is 1.86 bits per heavy atom. The Hall–Kier alpha value is -3.41. The zero-order valence-electron chi connectivity index (χ0n) is 15.8. The lowest BCUT2D eigenvalue weighted by Crippen LogP contribution is -2.44. The van der Waals surface area contributed by atoms with E-state index in [0.717, 1.165) is 16.8 Å². The molecule has 1 N–H and O–H groups in total. The van der Waals surface area contributed by atoms with Crippen LogP contribution in [0.1, 0.15) is 17.5 Å². The third kappa shape index (κ3) is 3.81. The molecule has 2 aromatic carbocycles. The number of rotatable bonds is 5. The molecule has 1 aliphatic rings. The minimum absolute atomic E-state index is 0.00923. The Kier molecular flexibility index (Phi) is 4.93. The summed E-state index contributed by atoms with van der Waals surface area (Å²) in [5.74, 6) is 0.420. The van der Waals surface area contributed by atoms with Gasteiger partial charge in [0.25, 0.3) is 0 Å². The van der Waals surface area contributed by atoms with Crippen LogP contribution in [-0.4, -0.2) is 28.1 Å². The Balaban J connectivity index is 1.50. The average Bonchev–Trinajstić information content (AvgIpc) is 3.14. The number of nitrogens with one attached hydrogen (secondary N) is 1. The highest BCUT2D eigenvalue weighted by molar-refractivity contribution is 5.99. The first-order valence-electron chi connectivity index (χ1n) is 9.36. The molecule has 0 saturated carbocycles. The topological polar surface area (TPSA) is 67.2 Å². The second-order valence-corrected chi connectivity index (χ2v) is 6.97. The van der Waals surface area contributed by atoms with Crippen LogP contribution in [0.2, 0.25) is 0 Å². The molecule has 0 spiro atoms. The van der Waals surface area contributed by atoms with Gasteiger partial charge in [-0.2, -0.15) is 5.10 Å². The molecular formula is C22H22N4O2. The van der Waals surface area contributed by atoms with Crippen molar-refractivity contribution < 1.29 is 9.59 Å². The Labute approximate surface area is 163 Å². The number of hydrogen-bond donors (Lipinski definition) is 1. The summed E-state index contributed by atoms with van der Waals surface area (Å²) in [7, 11) is 0. The van der Waals surface area contributed by atoms with E-state index in [0.29, 0.717) is 25.3 Å². The molecule has 0 aliphatic carbocycles. The molecule has 0 atom stereocenters. The number of hydrogen-bond acceptors (Lipinski definition) is 3. The van der Waals surface area contributed by atoms with Gasteiger partial charge in [0.15, 0.2) is 0 Å². The fourth-order valence-corrected chi connectivity index (χ4v) is 3.28. The van der Waals surface area contributed by atoms with Gasteiger partial charge in [0, 0.05) is 24.6 Å². The van der Waals surface area contributed by atoms with Crippen LogP contribution >= 0.6 is 0 Å². The van der Waals surface area contributed by atoms with E-state index in [9.17, 15) is 9.59 Å². The van der Waals surface area contributed by atoms with Crippen molar-refractivity contribution >= 4 is 17.6 Å². The van der Waals surface area contributed by atoms with Crippen molar-refractivity contribution in [2.45, 2.75) is 26.4 Å².